The topological polar surface area (TPSA) is 85.3 Å². The van der Waals surface area contributed by atoms with Gasteiger partial charge in [0.05, 0.1) is 5.56 Å². The van der Waals surface area contributed by atoms with Gasteiger partial charge in [-0.25, -0.2) is 9.59 Å². The van der Waals surface area contributed by atoms with E-state index in [1.165, 1.54) is 24.3 Å². The van der Waals surface area contributed by atoms with Gasteiger partial charge < -0.3 is 14.4 Å². The molecule has 130 valence electrons. The number of ether oxygens (including phenoxy) is 2. The third-order valence-corrected chi connectivity index (χ3v) is 3.78. The smallest absolute Gasteiger partial charge is 0.410 e. The van der Waals surface area contributed by atoms with E-state index in [0.29, 0.717) is 18.4 Å². The number of esters is 1. The molecule has 0 aromatic heterocycles. The van der Waals surface area contributed by atoms with Gasteiger partial charge in [0.2, 0.25) is 0 Å². The first-order valence-corrected chi connectivity index (χ1v) is 7.80. The van der Waals surface area contributed by atoms with Crippen LogP contribution in [0.3, 0.4) is 0 Å². The zero-order valence-corrected chi connectivity index (χ0v) is 14.3. The van der Waals surface area contributed by atoms with Crippen molar-refractivity contribution in [2.24, 2.45) is 5.18 Å². The molecule has 0 heterocycles. The predicted molar refractivity (Wildman–Crippen MR) is 88.1 cm³/mol. The Morgan fingerprint density at radius 2 is 1.75 bits per heavy atom. The Bertz CT molecular complexity index is 615. The quantitative estimate of drug-likeness (QED) is 0.620. The third-order valence-electron chi connectivity index (χ3n) is 3.78. The molecule has 0 unspecified atom stereocenters. The van der Waals surface area contributed by atoms with E-state index < -0.39 is 11.6 Å². The number of hydrogen-bond acceptors (Lipinski definition) is 6. The largest absolute Gasteiger partial charge is 0.459 e. The van der Waals surface area contributed by atoms with Crippen LogP contribution in [0.15, 0.2) is 29.4 Å². The summed E-state index contributed by atoms with van der Waals surface area (Å²) in [4.78, 5) is 35.9. The van der Waals surface area contributed by atoms with Crippen LogP contribution in [0.2, 0.25) is 0 Å². The first-order valence-electron chi connectivity index (χ1n) is 7.80. The second-order valence-corrected chi connectivity index (χ2v) is 6.88. The number of rotatable bonds is 4. The molecule has 0 spiro atoms. The highest BCUT2D eigenvalue weighted by Gasteiger charge is 2.38. The van der Waals surface area contributed by atoms with E-state index in [4.69, 9.17) is 9.47 Å². The zero-order chi connectivity index (χ0) is 17.9. The van der Waals surface area contributed by atoms with Crippen molar-refractivity contribution in [2.75, 3.05) is 7.05 Å². The Morgan fingerprint density at radius 1 is 1.17 bits per heavy atom. The van der Waals surface area contributed by atoms with Crippen LogP contribution in [-0.2, 0) is 9.47 Å². The summed E-state index contributed by atoms with van der Waals surface area (Å²) in [6, 6.07) is 5.93. The van der Waals surface area contributed by atoms with Crippen LogP contribution in [0.25, 0.3) is 0 Å². The van der Waals surface area contributed by atoms with Gasteiger partial charge >= 0.3 is 12.1 Å². The number of nitrogens with zero attached hydrogens (tertiary/aromatic N) is 2. The monoisotopic (exact) mass is 334 g/mol. The minimum atomic E-state index is -0.538. The van der Waals surface area contributed by atoms with Crippen LogP contribution < -0.4 is 0 Å². The predicted octanol–water partition coefficient (Wildman–Crippen LogP) is 3.64. The van der Waals surface area contributed by atoms with Crippen molar-refractivity contribution in [1.82, 2.24) is 4.90 Å². The minimum absolute atomic E-state index is 0.000658. The summed E-state index contributed by atoms with van der Waals surface area (Å²) >= 11 is 0. The van der Waals surface area contributed by atoms with Gasteiger partial charge in [0.1, 0.15) is 17.4 Å². The molecular weight excluding hydrogens is 312 g/mol. The molecule has 0 atom stereocenters. The number of hydrogen-bond donors (Lipinski definition) is 0. The first kappa shape index (κ1) is 17.9. The molecule has 1 fully saturated rings. The molecule has 1 aliphatic rings. The summed E-state index contributed by atoms with van der Waals surface area (Å²) in [5, 5.41) is 2.78. The van der Waals surface area contributed by atoms with Crippen molar-refractivity contribution in [3.63, 3.8) is 0 Å². The summed E-state index contributed by atoms with van der Waals surface area (Å²) in [7, 11) is 1.68. The molecule has 1 saturated carbocycles. The summed E-state index contributed by atoms with van der Waals surface area (Å²) < 4.78 is 10.7. The SMILES string of the molecule is CN(C(=O)OC(C)(C)C)C1CC(OC(=O)c2ccc(N=O)cc2)C1. The fourth-order valence-corrected chi connectivity index (χ4v) is 2.31. The van der Waals surface area contributed by atoms with E-state index >= 15 is 0 Å². The Kier molecular flexibility index (Phi) is 5.21. The minimum Gasteiger partial charge on any atom is -0.459 e. The second kappa shape index (κ2) is 6.98. The van der Waals surface area contributed by atoms with Crippen LogP contribution in [0.4, 0.5) is 10.5 Å². The molecule has 1 aromatic carbocycles. The average molecular weight is 334 g/mol. The lowest BCUT2D eigenvalue weighted by atomic mass is 9.88. The molecule has 0 saturated heterocycles. The fourth-order valence-electron chi connectivity index (χ4n) is 2.31. The highest BCUT2D eigenvalue weighted by atomic mass is 16.6. The van der Waals surface area contributed by atoms with Gasteiger partial charge in [-0.2, -0.15) is 0 Å². The summed E-state index contributed by atoms with van der Waals surface area (Å²) in [5.41, 5.74) is 0.0873. The van der Waals surface area contributed by atoms with Crippen molar-refractivity contribution >= 4 is 17.7 Å². The summed E-state index contributed by atoms with van der Waals surface area (Å²) in [5.74, 6) is -0.448. The van der Waals surface area contributed by atoms with Crippen molar-refractivity contribution in [1.29, 1.82) is 0 Å². The number of carbonyl (C=O) groups excluding carboxylic acids is 2. The molecule has 1 aromatic rings. The summed E-state index contributed by atoms with van der Waals surface area (Å²) in [6.45, 7) is 5.44. The third kappa shape index (κ3) is 4.53. The second-order valence-electron chi connectivity index (χ2n) is 6.88. The number of carbonyl (C=O) groups is 2. The van der Waals surface area contributed by atoms with E-state index in [0.717, 1.165) is 0 Å². The molecule has 7 nitrogen and oxygen atoms in total. The Balaban J connectivity index is 1.80. The normalized spacial score (nSPS) is 19.8. The van der Waals surface area contributed by atoms with Crippen molar-refractivity contribution in [2.45, 2.75) is 51.4 Å². The van der Waals surface area contributed by atoms with Gasteiger partial charge in [0.15, 0.2) is 0 Å². The Labute approximate surface area is 140 Å². The van der Waals surface area contributed by atoms with Crippen LogP contribution in [-0.4, -0.2) is 41.8 Å². The lowest BCUT2D eigenvalue weighted by molar-refractivity contribution is -0.0326. The van der Waals surface area contributed by atoms with Gasteiger partial charge in [0.25, 0.3) is 0 Å². The van der Waals surface area contributed by atoms with Crippen molar-refractivity contribution < 1.29 is 19.1 Å². The molecule has 0 bridgehead atoms. The van der Waals surface area contributed by atoms with Gasteiger partial charge in [-0.3, -0.25) is 0 Å². The molecule has 2 rings (SSSR count). The maximum absolute atomic E-state index is 12.0. The molecular formula is C17H22N2O5. The van der Waals surface area contributed by atoms with E-state index in [-0.39, 0.29) is 23.9 Å². The summed E-state index contributed by atoms with van der Waals surface area (Å²) in [6.07, 6.45) is 0.552. The van der Waals surface area contributed by atoms with E-state index in [2.05, 4.69) is 5.18 Å². The van der Waals surface area contributed by atoms with Gasteiger partial charge in [-0.05, 0) is 50.2 Å². The molecule has 7 heteroatoms. The molecule has 0 aliphatic heterocycles. The molecule has 0 radical (unpaired) electrons. The van der Waals surface area contributed by atoms with E-state index in [9.17, 15) is 14.5 Å². The zero-order valence-electron chi connectivity index (χ0n) is 14.3. The molecule has 1 aliphatic carbocycles. The van der Waals surface area contributed by atoms with Gasteiger partial charge in [-0.1, -0.05) is 0 Å². The van der Waals surface area contributed by atoms with Gasteiger partial charge in [-0.15, -0.1) is 4.91 Å². The fraction of sp³-hybridized carbons (Fsp3) is 0.529. The molecule has 0 N–H and O–H groups in total. The van der Waals surface area contributed by atoms with Gasteiger partial charge in [0, 0.05) is 25.9 Å². The van der Waals surface area contributed by atoms with Crippen LogP contribution in [0.5, 0.6) is 0 Å². The molecule has 1 amide bonds. The van der Waals surface area contributed by atoms with E-state index in [1.807, 2.05) is 20.8 Å². The lowest BCUT2D eigenvalue weighted by Crippen LogP contribution is -2.50. The Morgan fingerprint density at radius 3 is 2.25 bits per heavy atom. The average Bonchev–Trinajstić information content (AvgIpc) is 2.48. The Hall–Kier alpha value is -2.44. The van der Waals surface area contributed by atoms with Crippen LogP contribution in [0.1, 0.15) is 44.0 Å². The van der Waals surface area contributed by atoms with Crippen molar-refractivity contribution in [3.8, 4) is 0 Å². The maximum Gasteiger partial charge on any atom is 0.410 e. The maximum atomic E-state index is 12.0. The standard InChI is InChI=1S/C17H22N2O5/c1-17(2,3)24-16(21)19(4)13-9-14(10-13)23-15(20)11-5-7-12(18-22)8-6-11/h5-8,13-14H,9-10H2,1-4H3. The van der Waals surface area contributed by atoms with Crippen LogP contribution >= 0.6 is 0 Å². The highest BCUT2D eigenvalue weighted by Crippen LogP contribution is 2.29. The number of nitroso groups, excluding NO2 is 1. The van der Waals surface area contributed by atoms with E-state index in [1.54, 1.807) is 11.9 Å². The van der Waals surface area contributed by atoms with Crippen molar-refractivity contribution in [3.05, 3.63) is 34.7 Å². The number of amides is 1. The number of benzene rings is 1. The highest BCUT2D eigenvalue weighted by molar-refractivity contribution is 5.89. The lowest BCUT2D eigenvalue weighted by Gasteiger charge is -2.40. The first-order chi connectivity index (χ1) is 11.2. The molecule has 24 heavy (non-hydrogen) atoms. The van der Waals surface area contributed by atoms with Crippen LogP contribution in [0, 0.1) is 4.91 Å².